The van der Waals surface area contributed by atoms with Crippen LogP contribution >= 0.6 is 0 Å². The Morgan fingerprint density at radius 1 is 1.23 bits per heavy atom. The number of nitrogens with zero attached hydrogens (tertiary/aromatic N) is 3. The van der Waals surface area contributed by atoms with E-state index in [0.29, 0.717) is 37.4 Å². The Morgan fingerprint density at radius 2 is 1.96 bits per heavy atom. The van der Waals surface area contributed by atoms with Gasteiger partial charge in [0.1, 0.15) is 5.75 Å². The minimum absolute atomic E-state index is 0.160. The van der Waals surface area contributed by atoms with E-state index in [-0.39, 0.29) is 5.41 Å². The lowest BCUT2D eigenvalue weighted by Gasteiger charge is -2.14. The van der Waals surface area contributed by atoms with Gasteiger partial charge in [-0.25, -0.2) is 0 Å². The van der Waals surface area contributed by atoms with Crippen LogP contribution in [0.3, 0.4) is 0 Å². The zero-order chi connectivity index (χ0) is 19.2. The molecule has 7 heteroatoms. The molecule has 0 fully saturated rings. The lowest BCUT2D eigenvalue weighted by atomic mass is 9.97. The molecule has 2 N–H and O–H groups in total. The molecule has 0 radical (unpaired) electrons. The van der Waals surface area contributed by atoms with Crippen molar-refractivity contribution in [1.82, 2.24) is 20.8 Å². The molecule has 1 heterocycles. The average Bonchev–Trinajstić information content (AvgIpc) is 3.06. The lowest BCUT2D eigenvalue weighted by molar-refractivity contribution is 0.318. The standard InChI is InChI=1S/C19H29N5O2/c1-7-25-15-10-13(2)8-9-14(15)11-21-18(20-6)22-12-16-23-17(26-24-16)19(3,4)5/h8-10H,7,11-12H2,1-6H3,(H2,20,21,22). The monoisotopic (exact) mass is 359 g/mol. The number of nitrogens with one attached hydrogen (secondary N) is 2. The molecular weight excluding hydrogens is 330 g/mol. The first kappa shape index (κ1) is 19.8. The molecule has 2 aromatic rings. The lowest BCUT2D eigenvalue weighted by Crippen LogP contribution is -2.36. The van der Waals surface area contributed by atoms with Crippen LogP contribution in [0.1, 0.15) is 50.5 Å². The second-order valence-electron chi connectivity index (χ2n) is 7.09. The fourth-order valence-electron chi connectivity index (χ4n) is 2.29. The van der Waals surface area contributed by atoms with Crippen molar-refractivity contribution >= 4 is 5.96 Å². The van der Waals surface area contributed by atoms with Gasteiger partial charge in [0.05, 0.1) is 13.2 Å². The van der Waals surface area contributed by atoms with Crippen LogP contribution in [-0.2, 0) is 18.5 Å². The van der Waals surface area contributed by atoms with Crippen LogP contribution in [0.25, 0.3) is 0 Å². The molecule has 0 saturated carbocycles. The molecule has 0 amide bonds. The third-order valence-corrected chi connectivity index (χ3v) is 3.72. The Labute approximate surface area is 155 Å². The van der Waals surface area contributed by atoms with E-state index in [2.05, 4.69) is 44.8 Å². The first-order valence-corrected chi connectivity index (χ1v) is 8.83. The van der Waals surface area contributed by atoms with Crippen molar-refractivity contribution in [3.05, 3.63) is 41.0 Å². The summed E-state index contributed by atoms with van der Waals surface area (Å²) in [5, 5.41) is 10.5. The topological polar surface area (TPSA) is 84.6 Å². The summed E-state index contributed by atoms with van der Waals surface area (Å²) < 4.78 is 11.0. The van der Waals surface area contributed by atoms with Gasteiger partial charge in [-0.3, -0.25) is 4.99 Å². The van der Waals surface area contributed by atoms with Gasteiger partial charge in [0.25, 0.3) is 0 Å². The number of aliphatic imine (C=N–C) groups is 1. The maximum Gasteiger partial charge on any atom is 0.232 e. The van der Waals surface area contributed by atoms with E-state index in [1.165, 1.54) is 5.56 Å². The van der Waals surface area contributed by atoms with Crippen LogP contribution in [-0.4, -0.2) is 29.8 Å². The normalized spacial score (nSPS) is 12.2. The summed E-state index contributed by atoms with van der Waals surface area (Å²) in [5.41, 5.74) is 2.09. The summed E-state index contributed by atoms with van der Waals surface area (Å²) in [6.07, 6.45) is 0. The highest BCUT2D eigenvalue weighted by Crippen LogP contribution is 2.20. The van der Waals surface area contributed by atoms with Gasteiger partial charge < -0.3 is 19.9 Å². The highest BCUT2D eigenvalue weighted by molar-refractivity contribution is 5.79. The van der Waals surface area contributed by atoms with Crippen LogP contribution in [0, 0.1) is 6.92 Å². The molecule has 0 unspecified atom stereocenters. The van der Waals surface area contributed by atoms with E-state index in [0.717, 1.165) is 11.3 Å². The Hall–Kier alpha value is -2.57. The van der Waals surface area contributed by atoms with E-state index in [1.807, 2.05) is 33.8 Å². The maximum atomic E-state index is 5.71. The molecule has 0 spiro atoms. The summed E-state index contributed by atoms with van der Waals surface area (Å²) in [7, 11) is 1.73. The molecule has 0 aliphatic carbocycles. The molecule has 0 atom stereocenters. The first-order chi connectivity index (χ1) is 12.3. The third-order valence-electron chi connectivity index (χ3n) is 3.72. The Balaban J connectivity index is 1.93. The number of rotatable bonds is 6. The molecule has 142 valence electrons. The number of aromatic nitrogens is 2. The molecule has 1 aromatic heterocycles. The quantitative estimate of drug-likeness (QED) is 0.609. The molecule has 7 nitrogen and oxygen atoms in total. The molecule has 0 aliphatic heterocycles. The van der Waals surface area contributed by atoms with Gasteiger partial charge in [0, 0.05) is 24.6 Å². The molecular formula is C19H29N5O2. The van der Waals surface area contributed by atoms with E-state index in [4.69, 9.17) is 9.26 Å². The number of guanidine groups is 1. The average molecular weight is 359 g/mol. The van der Waals surface area contributed by atoms with Gasteiger partial charge in [0.15, 0.2) is 11.8 Å². The smallest absolute Gasteiger partial charge is 0.232 e. The van der Waals surface area contributed by atoms with Crippen molar-refractivity contribution in [2.75, 3.05) is 13.7 Å². The highest BCUT2D eigenvalue weighted by atomic mass is 16.5. The highest BCUT2D eigenvalue weighted by Gasteiger charge is 2.21. The Kier molecular flexibility index (Phi) is 6.60. The van der Waals surface area contributed by atoms with Crippen LogP contribution in [0.2, 0.25) is 0 Å². The maximum absolute atomic E-state index is 5.71. The minimum Gasteiger partial charge on any atom is -0.494 e. The molecule has 0 bridgehead atoms. The largest absolute Gasteiger partial charge is 0.494 e. The summed E-state index contributed by atoms with van der Waals surface area (Å²) in [6.45, 7) is 11.8. The number of benzene rings is 1. The summed E-state index contributed by atoms with van der Waals surface area (Å²) in [6, 6.07) is 6.18. The predicted octanol–water partition coefficient (Wildman–Crippen LogP) is 2.94. The van der Waals surface area contributed by atoms with Crippen LogP contribution in [0.15, 0.2) is 27.7 Å². The molecule has 0 aliphatic rings. The number of hydrogen-bond donors (Lipinski definition) is 2. The predicted molar refractivity (Wildman–Crippen MR) is 102 cm³/mol. The fraction of sp³-hybridized carbons (Fsp3) is 0.526. The van der Waals surface area contributed by atoms with Crippen molar-refractivity contribution in [2.45, 2.75) is 53.1 Å². The fourth-order valence-corrected chi connectivity index (χ4v) is 2.29. The van der Waals surface area contributed by atoms with Gasteiger partial charge in [-0.15, -0.1) is 0 Å². The second kappa shape index (κ2) is 8.69. The van der Waals surface area contributed by atoms with E-state index < -0.39 is 0 Å². The molecule has 26 heavy (non-hydrogen) atoms. The van der Waals surface area contributed by atoms with Crippen molar-refractivity contribution < 1.29 is 9.26 Å². The summed E-state index contributed by atoms with van der Waals surface area (Å²) in [4.78, 5) is 8.65. The number of hydrogen-bond acceptors (Lipinski definition) is 5. The zero-order valence-electron chi connectivity index (χ0n) is 16.5. The van der Waals surface area contributed by atoms with Crippen molar-refractivity contribution in [1.29, 1.82) is 0 Å². The van der Waals surface area contributed by atoms with E-state index >= 15 is 0 Å². The second-order valence-corrected chi connectivity index (χ2v) is 7.09. The van der Waals surface area contributed by atoms with Gasteiger partial charge >= 0.3 is 0 Å². The summed E-state index contributed by atoms with van der Waals surface area (Å²) >= 11 is 0. The van der Waals surface area contributed by atoms with Gasteiger partial charge in [0.2, 0.25) is 5.89 Å². The van der Waals surface area contributed by atoms with Crippen molar-refractivity contribution in [3.63, 3.8) is 0 Å². The first-order valence-electron chi connectivity index (χ1n) is 8.83. The van der Waals surface area contributed by atoms with Gasteiger partial charge in [-0.05, 0) is 25.5 Å². The number of ether oxygens (including phenoxy) is 1. The van der Waals surface area contributed by atoms with Gasteiger partial charge in [-0.1, -0.05) is 38.1 Å². The minimum atomic E-state index is -0.160. The Morgan fingerprint density at radius 3 is 2.58 bits per heavy atom. The SMILES string of the molecule is CCOc1cc(C)ccc1CNC(=NC)NCc1noc(C(C)(C)C)n1. The van der Waals surface area contributed by atoms with Crippen LogP contribution < -0.4 is 15.4 Å². The van der Waals surface area contributed by atoms with Crippen LogP contribution in [0.4, 0.5) is 0 Å². The molecule has 0 saturated heterocycles. The molecule has 1 aromatic carbocycles. The third kappa shape index (κ3) is 5.47. The van der Waals surface area contributed by atoms with E-state index in [1.54, 1.807) is 7.05 Å². The van der Waals surface area contributed by atoms with Crippen molar-refractivity contribution in [2.24, 2.45) is 4.99 Å². The van der Waals surface area contributed by atoms with Crippen LogP contribution in [0.5, 0.6) is 5.75 Å². The summed E-state index contributed by atoms with van der Waals surface area (Å²) in [5.74, 6) is 2.78. The molecule has 2 rings (SSSR count). The zero-order valence-corrected chi connectivity index (χ0v) is 16.5. The number of aryl methyl sites for hydroxylation is 1. The Bertz CT molecular complexity index is 747. The van der Waals surface area contributed by atoms with Gasteiger partial charge in [-0.2, -0.15) is 4.98 Å². The van der Waals surface area contributed by atoms with E-state index in [9.17, 15) is 0 Å². The van der Waals surface area contributed by atoms with Crippen molar-refractivity contribution in [3.8, 4) is 5.75 Å².